The van der Waals surface area contributed by atoms with Crippen LogP contribution in [0.1, 0.15) is 10.4 Å². The molecule has 0 radical (unpaired) electrons. The second kappa shape index (κ2) is 5.50. The van der Waals surface area contributed by atoms with E-state index in [1.54, 1.807) is 0 Å². The predicted octanol–water partition coefficient (Wildman–Crippen LogP) is -3.03. The summed E-state index contributed by atoms with van der Waals surface area (Å²) in [4.78, 5) is 21.1. The van der Waals surface area contributed by atoms with Crippen molar-refractivity contribution < 1.29 is 44.3 Å². The van der Waals surface area contributed by atoms with E-state index in [2.05, 4.69) is 15.9 Å². The van der Waals surface area contributed by atoms with Gasteiger partial charge in [0.2, 0.25) is 5.78 Å². The van der Waals surface area contributed by atoms with Gasteiger partial charge in [0.05, 0.1) is 0 Å². The zero-order chi connectivity index (χ0) is 10.0. The number of benzene rings is 1. The van der Waals surface area contributed by atoms with Gasteiger partial charge in [-0.1, -0.05) is 15.9 Å². The Hall–Kier alpha value is -0.360. The summed E-state index contributed by atoms with van der Waals surface area (Å²) in [5.41, 5.74) is 5.48. The Kier molecular flexibility index (Phi) is 5.36. The molecule has 0 saturated heterocycles. The van der Waals surface area contributed by atoms with Gasteiger partial charge in [0.25, 0.3) is 0 Å². The van der Waals surface area contributed by atoms with Crippen LogP contribution in [0, 0.1) is 0 Å². The first-order valence-corrected chi connectivity index (χ1v) is 4.12. The SMILES string of the molecule is Nc1cc(Br)ccc1C(=O)C(=O)[O-].[Na+]. The average molecular weight is 266 g/mol. The number of rotatable bonds is 2. The number of carbonyl (C=O) groups excluding carboxylic acids is 2. The van der Waals surface area contributed by atoms with Crippen LogP contribution in [0.4, 0.5) is 5.69 Å². The molecule has 0 aliphatic heterocycles. The van der Waals surface area contributed by atoms with E-state index >= 15 is 0 Å². The summed E-state index contributed by atoms with van der Waals surface area (Å²) in [6, 6.07) is 4.32. The molecule has 0 aliphatic rings. The van der Waals surface area contributed by atoms with Crippen LogP contribution in [0.5, 0.6) is 0 Å². The van der Waals surface area contributed by atoms with Crippen LogP contribution in [0.25, 0.3) is 0 Å². The van der Waals surface area contributed by atoms with Crippen LogP contribution in [0.2, 0.25) is 0 Å². The van der Waals surface area contributed by atoms with E-state index in [-0.39, 0.29) is 40.8 Å². The zero-order valence-electron chi connectivity index (χ0n) is 7.41. The molecule has 0 heterocycles. The molecule has 0 unspecified atom stereocenters. The summed E-state index contributed by atoms with van der Waals surface area (Å²) >= 11 is 3.13. The second-order valence-corrected chi connectivity index (χ2v) is 3.26. The Morgan fingerprint density at radius 3 is 2.36 bits per heavy atom. The van der Waals surface area contributed by atoms with Crippen molar-refractivity contribution >= 4 is 33.4 Å². The number of carboxylic acids is 1. The van der Waals surface area contributed by atoms with Crippen molar-refractivity contribution in [2.24, 2.45) is 0 Å². The molecule has 0 aliphatic carbocycles. The fraction of sp³-hybridized carbons (Fsp3) is 0. The van der Waals surface area contributed by atoms with E-state index in [1.165, 1.54) is 18.2 Å². The van der Waals surface area contributed by atoms with Crippen molar-refractivity contribution in [1.82, 2.24) is 0 Å². The van der Waals surface area contributed by atoms with Crippen LogP contribution in [-0.4, -0.2) is 11.8 Å². The number of ketones is 1. The minimum Gasteiger partial charge on any atom is -0.541 e. The number of hydrogen-bond acceptors (Lipinski definition) is 4. The Morgan fingerprint density at radius 1 is 1.36 bits per heavy atom. The number of carboxylic acid groups (broad SMARTS) is 1. The first-order chi connectivity index (χ1) is 6.02. The summed E-state index contributed by atoms with van der Waals surface area (Å²) < 4.78 is 0.680. The predicted molar refractivity (Wildman–Crippen MR) is 47.9 cm³/mol. The monoisotopic (exact) mass is 265 g/mol. The fourth-order valence-electron chi connectivity index (χ4n) is 0.850. The van der Waals surface area contributed by atoms with Crippen molar-refractivity contribution in [3.8, 4) is 0 Å². The minimum absolute atomic E-state index is 0. The third-order valence-electron chi connectivity index (χ3n) is 1.44. The molecule has 0 fully saturated rings. The van der Waals surface area contributed by atoms with E-state index in [1.807, 2.05) is 0 Å². The van der Waals surface area contributed by atoms with Crippen molar-refractivity contribution in [1.29, 1.82) is 0 Å². The molecule has 4 nitrogen and oxygen atoms in total. The maximum absolute atomic E-state index is 10.9. The zero-order valence-corrected chi connectivity index (χ0v) is 11.0. The standard InChI is InChI=1S/C8H6BrNO3.Na/c9-4-1-2-5(6(10)3-4)7(11)8(12)13;/h1-3H,10H2,(H,12,13);/q;+1/p-1. The van der Waals surface area contributed by atoms with Crippen LogP contribution in [0.15, 0.2) is 22.7 Å². The van der Waals surface area contributed by atoms with Crippen LogP contribution in [0.3, 0.4) is 0 Å². The number of carbonyl (C=O) groups is 2. The summed E-state index contributed by atoms with van der Waals surface area (Å²) in [5, 5.41) is 10.2. The summed E-state index contributed by atoms with van der Waals surface area (Å²) in [5.74, 6) is -2.86. The molecule has 1 aromatic rings. The molecule has 2 N–H and O–H groups in total. The Morgan fingerprint density at radius 2 is 1.93 bits per heavy atom. The van der Waals surface area contributed by atoms with Gasteiger partial charge in [-0.3, -0.25) is 4.79 Å². The summed E-state index contributed by atoms with van der Waals surface area (Å²) in [6.07, 6.45) is 0. The van der Waals surface area contributed by atoms with Crippen molar-refractivity contribution in [3.05, 3.63) is 28.2 Å². The largest absolute Gasteiger partial charge is 1.00 e. The molecule has 0 aromatic heterocycles. The van der Waals surface area contributed by atoms with Crippen molar-refractivity contribution in [2.45, 2.75) is 0 Å². The molecule has 0 spiro atoms. The molecule has 0 atom stereocenters. The molecule has 1 rings (SSSR count). The third kappa shape index (κ3) is 3.09. The van der Waals surface area contributed by atoms with E-state index in [0.717, 1.165) is 0 Å². The van der Waals surface area contributed by atoms with E-state index < -0.39 is 11.8 Å². The van der Waals surface area contributed by atoms with Gasteiger partial charge >= 0.3 is 29.6 Å². The molecule has 6 heteroatoms. The summed E-state index contributed by atoms with van der Waals surface area (Å²) in [7, 11) is 0. The van der Waals surface area contributed by atoms with Crippen LogP contribution >= 0.6 is 15.9 Å². The number of nitrogens with two attached hydrogens (primary N) is 1. The number of halogens is 1. The normalized spacial score (nSPS) is 8.93. The van der Waals surface area contributed by atoms with E-state index in [0.29, 0.717) is 4.47 Å². The smallest absolute Gasteiger partial charge is 0.541 e. The van der Waals surface area contributed by atoms with Gasteiger partial charge in [0.1, 0.15) is 5.97 Å². The van der Waals surface area contributed by atoms with Gasteiger partial charge in [-0.15, -0.1) is 0 Å². The maximum Gasteiger partial charge on any atom is 1.00 e. The Labute approximate surface area is 111 Å². The number of hydrogen-bond donors (Lipinski definition) is 1. The van der Waals surface area contributed by atoms with Crippen molar-refractivity contribution in [3.63, 3.8) is 0 Å². The molecule has 68 valence electrons. The average Bonchev–Trinajstić information content (AvgIpc) is 2.03. The Bertz CT molecular complexity index is 381. The van der Waals surface area contributed by atoms with Crippen molar-refractivity contribution in [2.75, 3.05) is 5.73 Å². The topological polar surface area (TPSA) is 83.2 Å². The third-order valence-corrected chi connectivity index (χ3v) is 1.94. The summed E-state index contributed by atoms with van der Waals surface area (Å²) in [6.45, 7) is 0. The van der Waals surface area contributed by atoms with Gasteiger partial charge in [-0.05, 0) is 18.2 Å². The van der Waals surface area contributed by atoms with Gasteiger partial charge in [0.15, 0.2) is 0 Å². The molecule has 1 aromatic carbocycles. The number of nitrogen functional groups attached to an aromatic ring is 1. The molecular formula is C8H5BrNNaO3. The second-order valence-electron chi connectivity index (χ2n) is 2.35. The fourth-order valence-corrected chi connectivity index (χ4v) is 1.23. The Balaban J connectivity index is 0.00000169. The molecule has 14 heavy (non-hydrogen) atoms. The van der Waals surface area contributed by atoms with Gasteiger partial charge in [-0.25, -0.2) is 0 Å². The van der Waals surface area contributed by atoms with Crippen LogP contribution in [-0.2, 0) is 4.79 Å². The van der Waals surface area contributed by atoms with Gasteiger partial charge < -0.3 is 15.6 Å². The van der Waals surface area contributed by atoms with Gasteiger partial charge in [0, 0.05) is 15.7 Å². The quantitative estimate of drug-likeness (QED) is 0.267. The molecule has 0 amide bonds. The van der Waals surface area contributed by atoms with E-state index in [9.17, 15) is 14.7 Å². The first kappa shape index (κ1) is 13.6. The molecule has 0 saturated carbocycles. The number of anilines is 1. The first-order valence-electron chi connectivity index (χ1n) is 3.33. The van der Waals surface area contributed by atoms with Gasteiger partial charge in [-0.2, -0.15) is 0 Å². The minimum atomic E-state index is -1.76. The van der Waals surface area contributed by atoms with Crippen LogP contribution < -0.4 is 40.4 Å². The maximum atomic E-state index is 10.9. The molecular weight excluding hydrogens is 261 g/mol. The number of aliphatic carboxylic acids is 1. The number of Topliss-reactive ketones (excluding diaryl/α,β-unsaturated/α-hetero) is 1. The van der Waals surface area contributed by atoms with E-state index in [4.69, 9.17) is 5.73 Å². The molecule has 0 bridgehead atoms.